The molecule has 0 bridgehead atoms. The van der Waals surface area contributed by atoms with Crippen LogP contribution in [0.15, 0.2) is 17.1 Å². The van der Waals surface area contributed by atoms with Crippen molar-refractivity contribution in [2.75, 3.05) is 19.7 Å². The molecule has 0 saturated heterocycles. The minimum Gasteiger partial charge on any atom is -0.395 e. The zero-order chi connectivity index (χ0) is 11.6. The third-order valence-electron chi connectivity index (χ3n) is 2.88. The standard InChI is InChI=1S/C13H24N2O/c1-2-3-4-5-6-7-8-13-14-9-10-15(13)11-12-16/h5-6,9,13,16H,2-4,7-8,10-12H2,1H3/b6-5+. The first kappa shape index (κ1) is 13.4. The van der Waals surface area contributed by atoms with Gasteiger partial charge in [0.2, 0.25) is 0 Å². The van der Waals surface area contributed by atoms with Gasteiger partial charge in [0, 0.05) is 19.3 Å². The molecule has 0 aromatic carbocycles. The maximum atomic E-state index is 8.90. The fourth-order valence-electron chi connectivity index (χ4n) is 1.92. The van der Waals surface area contributed by atoms with E-state index < -0.39 is 0 Å². The van der Waals surface area contributed by atoms with Crippen LogP contribution in [0.1, 0.15) is 39.0 Å². The molecular weight excluding hydrogens is 200 g/mol. The monoisotopic (exact) mass is 224 g/mol. The van der Waals surface area contributed by atoms with E-state index in [1.165, 1.54) is 19.3 Å². The lowest BCUT2D eigenvalue weighted by atomic mass is 10.2. The van der Waals surface area contributed by atoms with Crippen LogP contribution in [0.5, 0.6) is 0 Å². The van der Waals surface area contributed by atoms with Gasteiger partial charge >= 0.3 is 0 Å². The number of aliphatic imine (C=N–C) groups is 1. The fraction of sp³-hybridized carbons (Fsp3) is 0.769. The van der Waals surface area contributed by atoms with Gasteiger partial charge in [0.05, 0.1) is 6.61 Å². The number of aliphatic hydroxyl groups is 1. The first-order valence-corrected chi connectivity index (χ1v) is 6.40. The van der Waals surface area contributed by atoms with Crippen molar-refractivity contribution in [3.05, 3.63) is 12.2 Å². The number of nitrogens with zero attached hydrogens (tertiary/aromatic N) is 2. The van der Waals surface area contributed by atoms with Gasteiger partial charge in [-0.15, -0.1) is 0 Å². The van der Waals surface area contributed by atoms with E-state index in [-0.39, 0.29) is 6.61 Å². The Morgan fingerprint density at radius 3 is 3.00 bits per heavy atom. The Morgan fingerprint density at radius 2 is 2.25 bits per heavy atom. The van der Waals surface area contributed by atoms with Crippen LogP contribution in [0.4, 0.5) is 0 Å². The molecule has 1 heterocycles. The van der Waals surface area contributed by atoms with Crippen LogP contribution in [-0.4, -0.2) is 42.1 Å². The molecule has 0 saturated carbocycles. The van der Waals surface area contributed by atoms with E-state index in [9.17, 15) is 0 Å². The topological polar surface area (TPSA) is 35.8 Å². The number of rotatable bonds is 8. The van der Waals surface area contributed by atoms with Crippen molar-refractivity contribution in [3.8, 4) is 0 Å². The highest BCUT2D eigenvalue weighted by atomic mass is 16.3. The molecule has 16 heavy (non-hydrogen) atoms. The van der Waals surface area contributed by atoms with Gasteiger partial charge < -0.3 is 5.11 Å². The van der Waals surface area contributed by atoms with Crippen LogP contribution in [-0.2, 0) is 0 Å². The van der Waals surface area contributed by atoms with E-state index in [0.29, 0.717) is 6.17 Å². The molecule has 0 aromatic rings. The lowest BCUT2D eigenvalue weighted by Gasteiger charge is -2.21. The number of hydrogen-bond donors (Lipinski definition) is 1. The third kappa shape index (κ3) is 4.90. The molecule has 92 valence electrons. The van der Waals surface area contributed by atoms with Gasteiger partial charge in [0.15, 0.2) is 0 Å². The van der Waals surface area contributed by atoms with E-state index in [4.69, 9.17) is 5.11 Å². The van der Waals surface area contributed by atoms with Crippen molar-refractivity contribution in [3.63, 3.8) is 0 Å². The third-order valence-corrected chi connectivity index (χ3v) is 2.88. The molecular formula is C13H24N2O. The zero-order valence-electron chi connectivity index (χ0n) is 10.3. The summed E-state index contributed by atoms with van der Waals surface area (Å²) in [6, 6.07) is 0. The van der Waals surface area contributed by atoms with Gasteiger partial charge in [0.25, 0.3) is 0 Å². The van der Waals surface area contributed by atoms with Crippen LogP contribution in [0, 0.1) is 0 Å². The van der Waals surface area contributed by atoms with Crippen LogP contribution < -0.4 is 0 Å². The second-order valence-electron chi connectivity index (χ2n) is 4.22. The number of allylic oxidation sites excluding steroid dienone is 2. The summed E-state index contributed by atoms with van der Waals surface area (Å²) in [5.74, 6) is 0. The van der Waals surface area contributed by atoms with Gasteiger partial charge in [-0.3, -0.25) is 9.89 Å². The van der Waals surface area contributed by atoms with E-state index in [1.807, 2.05) is 6.21 Å². The van der Waals surface area contributed by atoms with Gasteiger partial charge in [-0.1, -0.05) is 31.9 Å². The van der Waals surface area contributed by atoms with Gasteiger partial charge in [-0.05, 0) is 19.3 Å². The summed E-state index contributed by atoms with van der Waals surface area (Å²) in [6.45, 7) is 4.08. The van der Waals surface area contributed by atoms with Crippen molar-refractivity contribution in [2.24, 2.45) is 4.99 Å². The van der Waals surface area contributed by atoms with Gasteiger partial charge in [0.1, 0.15) is 6.17 Å². The predicted molar refractivity (Wildman–Crippen MR) is 68.8 cm³/mol. The normalized spacial score (nSPS) is 21.2. The molecule has 0 spiro atoms. The lowest BCUT2D eigenvalue weighted by Crippen LogP contribution is -2.32. The second kappa shape index (κ2) is 8.48. The molecule has 0 aromatic heterocycles. The lowest BCUT2D eigenvalue weighted by molar-refractivity contribution is 0.179. The molecule has 0 radical (unpaired) electrons. The van der Waals surface area contributed by atoms with Crippen LogP contribution in [0.25, 0.3) is 0 Å². The molecule has 1 aliphatic rings. The first-order chi connectivity index (χ1) is 7.88. The van der Waals surface area contributed by atoms with Gasteiger partial charge in [-0.25, -0.2) is 0 Å². The average Bonchev–Trinajstić information content (AvgIpc) is 2.72. The zero-order valence-corrected chi connectivity index (χ0v) is 10.3. The van der Waals surface area contributed by atoms with Crippen molar-refractivity contribution < 1.29 is 5.11 Å². The Labute approximate surface area is 98.9 Å². The summed E-state index contributed by atoms with van der Waals surface area (Å²) in [4.78, 5) is 6.65. The molecule has 1 rings (SSSR count). The molecule has 1 N–H and O–H groups in total. The second-order valence-corrected chi connectivity index (χ2v) is 4.22. The van der Waals surface area contributed by atoms with Crippen LogP contribution in [0.3, 0.4) is 0 Å². The summed E-state index contributed by atoms with van der Waals surface area (Å²) in [5.41, 5.74) is 0. The molecule has 0 aliphatic carbocycles. The molecule has 3 nitrogen and oxygen atoms in total. The van der Waals surface area contributed by atoms with Crippen LogP contribution >= 0.6 is 0 Å². The number of unbranched alkanes of at least 4 members (excludes halogenated alkanes) is 2. The number of aliphatic hydroxyl groups excluding tert-OH is 1. The number of hydrogen-bond acceptors (Lipinski definition) is 3. The highest BCUT2D eigenvalue weighted by Crippen LogP contribution is 2.12. The van der Waals surface area contributed by atoms with E-state index in [2.05, 4.69) is 29.0 Å². The van der Waals surface area contributed by atoms with Crippen molar-refractivity contribution in [2.45, 2.75) is 45.2 Å². The molecule has 0 amide bonds. The Morgan fingerprint density at radius 1 is 1.44 bits per heavy atom. The average molecular weight is 224 g/mol. The minimum atomic E-state index is 0.228. The molecule has 1 aliphatic heterocycles. The number of β-amino-alcohol motifs (C(OH)–C–C–N with tert-alkyl or cyclic N) is 1. The van der Waals surface area contributed by atoms with Crippen LogP contribution in [0.2, 0.25) is 0 Å². The Kier molecular flexibility index (Phi) is 7.10. The molecule has 1 unspecified atom stereocenters. The molecule has 0 fully saturated rings. The highest BCUT2D eigenvalue weighted by Gasteiger charge is 2.18. The summed E-state index contributed by atoms with van der Waals surface area (Å²) < 4.78 is 0. The Hall–Kier alpha value is -0.670. The summed E-state index contributed by atoms with van der Waals surface area (Å²) in [6.07, 6.45) is 12.7. The predicted octanol–water partition coefficient (Wildman–Crippen LogP) is 2.22. The maximum Gasteiger partial charge on any atom is 0.102 e. The highest BCUT2D eigenvalue weighted by molar-refractivity contribution is 5.62. The smallest absolute Gasteiger partial charge is 0.102 e. The largest absolute Gasteiger partial charge is 0.395 e. The summed E-state index contributed by atoms with van der Waals surface area (Å²) in [7, 11) is 0. The molecule has 1 atom stereocenters. The van der Waals surface area contributed by atoms with E-state index >= 15 is 0 Å². The van der Waals surface area contributed by atoms with Crippen molar-refractivity contribution in [1.29, 1.82) is 0 Å². The van der Waals surface area contributed by atoms with E-state index in [1.54, 1.807) is 0 Å². The Balaban J connectivity index is 2.11. The Bertz CT molecular complexity index is 226. The quantitative estimate of drug-likeness (QED) is 0.507. The fourth-order valence-corrected chi connectivity index (χ4v) is 1.92. The summed E-state index contributed by atoms with van der Waals surface area (Å²) >= 11 is 0. The maximum absolute atomic E-state index is 8.90. The van der Waals surface area contributed by atoms with Crippen molar-refractivity contribution >= 4 is 6.21 Å². The SMILES string of the molecule is CCCC/C=C/CCC1N=CCN1CCO. The van der Waals surface area contributed by atoms with Crippen molar-refractivity contribution in [1.82, 2.24) is 4.90 Å². The minimum absolute atomic E-state index is 0.228. The van der Waals surface area contributed by atoms with E-state index in [0.717, 1.165) is 25.9 Å². The first-order valence-electron chi connectivity index (χ1n) is 6.40. The summed E-state index contributed by atoms with van der Waals surface area (Å²) in [5, 5.41) is 8.90. The van der Waals surface area contributed by atoms with Gasteiger partial charge in [-0.2, -0.15) is 0 Å². The molecule has 3 heteroatoms.